The summed E-state index contributed by atoms with van der Waals surface area (Å²) in [6, 6.07) is 17.1. The fraction of sp³-hybridized carbons (Fsp3) is 0.364. The molecule has 2 aromatic carbocycles. The van der Waals surface area contributed by atoms with Gasteiger partial charge >= 0.3 is 0 Å². The number of amides is 2. The van der Waals surface area contributed by atoms with E-state index in [-0.39, 0.29) is 11.8 Å². The minimum absolute atomic E-state index is 0.0183. The molecule has 28 heavy (non-hydrogen) atoms. The van der Waals surface area contributed by atoms with Crippen molar-refractivity contribution in [3.05, 3.63) is 60.2 Å². The van der Waals surface area contributed by atoms with Crippen LogP contribution >= 0.6 is 0 Å². The molecule has 148 valence electrons. The minimum Gasteiger partial charge on any atom is -0.493 e. The molecule has 0 N–H and O–H groups in total. The first-order valence-electron chi connectivity index (χ1n) is 9.57. The first-order valence-corrected chi connectivity index (χ1v) is 9.57. The standard InChI is InChI=1S/C22H27N3O3/c1-23(2)19-10-8-18(9-11-19)22(27)25-15-13-24(14-16-25)21(26)12-17-28-20-6-4-3-5-7-20/h3-11H,12-17H2,1-2H3. The minimum atomic E-state index is 0.0183. The summed E-state index contributed by atoms with van der Waals surface area (Å²) in [7, 11) is 3.94. The van der Waals surface area contributed by atoms with E-state index in [0.717, 1.165) is 11.4 Å². The number of para-hydroxylation sites is 1. The summed E-state index contributed by atoms with van der Waals surface area (Å²) in [6.45, 7) is 2.59. The van der Waals surface area contributed by atoms with Gasteiger partial charge in [-0.15, -0.1) is 0 Å². The van der Waals surface area contributed by atoms with Crippen molar-refractivity contribution in [2.75, 3.05) is 51.8 Å². The number of nitrogens with zero attached hydrogens (tertiary/aromatic N) is 3. The first-order chi connectivity index (χ1) is 13.5. The molecule has 0 spiro atoms. The van der Waals surface area contributed by atoms with Gasteiger partial charge < -0.3 is 19.4 Å². The highest BCUT2D eigenvalue weighted by molar-refractivity contribution is 5.94. The van der Waals surface area contributed by atoms with Crippen molar-refractivity contribution in [1.82, 2.24) is 9.80 Å². The second kappa shape index (κ2) is 9.26. The van der Waals surface area contributed by atoms with Gasteiger partial charge in [-0.25, -0.2) is 0 Å². The van der Waals surface area contributed by atoms with Crippen LogP contribution in [0.1, 0.15) is 16.8 Å². The number of hydrogen-bond donors (Lipinski definition) is 0. The summed E-state index contributed by atoms with van der Waals surface area (Å²) in [5.74, 6) is 0.856. The SMILES string of the molecule is CN(C)c1ccc(C(=O)N2CCN(C(=O)CCOc3ccccc3)CC2)cc1. The van der Waals surface area contributed by atoms with E-state index in [0.29, 0.717) is 44.8 Å². The van der Waals surface area contributed by atoms with Crippen LogP contribution in [0.3, 0.4) is 0 Å². The van der Waals surface area contributed by atoms with Crippen molar-refractivity contribution in [2.24, 2.45) is 0 Å². The average Bonchev–Trinajstić information content (AvgIpc) is 2.74. The normalized spacial score (nSPS) is 13.9. The van der Waals surface area contributed by atoms with Gasteiger partial charge in [-0.2, -0.15) is 0 Å². The third-order valence-corrected chi connectivity index (χ3v) is 4.88. The summed E-state index contributed by atoms with van der Waals surface area (Å²) in [6.07, 6.45) is 0.342. The predicted octanol–water partition coefficient (Wildman–Crippen LogP) is 2.51. The third kappa shape index (κ3) is 5.03. The monoisotopic (exact) mass is 381 g/mol. The largest absolute Gasteiger partial charge is 0.493 e. The van der Waals surface area contributed by atoms with Crippen LogP contribution < -0.4 is 9.64 Å². The molecule has 0 radical (unpaired) electrons. The van der Waals surface area contributed by atoms with Crippen LogP contribution in [-0.2, 0) is 4.79 Å². The molecule has 1 heterocycles. The van der Waals surface area contributed by atoms with E-state index >= 15 is 0 Å². The summed E-state index contributed by atoms with van der Waals surface area (Å²) in [5, 5.41) is 0. The van der Waals surface area contributed by atoms with E-state index in [4.69, 9.17) is 4.74 Å². The summed E-state index contributed by atoms with van der Waals surface area (Å²) < 4.78 is 5.60. The summed E-state index contributed by atoms with van der Waals surface area (Å²) >= 11 is 0. The maximum absolute atomic E-state index is 12.7. The highest BCUT2D eigenvalue weighted by Gasteiger charge is 2.24. The molecule has 1 saturated heterocycles. The van der Waals surface area contributed by atoms with Gasteiger partial charge in [0.25, 0.3) is 5.91 Å². The van der Waals surface area contributed by atoms with Gasteiger partial charge in [-0.05, 0) is 36.4 Å². The Labute approximate surface area is 166 Å². The molecule has 1 aliphatic heterocycles. The Kier molecular flexibility index (Phi) is 6.53. The molecule has 1 fully saturated rings. The molecule has 0 unspecified atom stereocenters. The van der Waals surface area contributed by atoms with Crippen LogP contribution in [0, 0.1) is 0 Å². The fourth-order valence-corrected chi connectivity index (χ4v) is 3.17. The number of hydrogen-bond acceptors (Lipinski definition) is 4. The lowest BCUT2D eigenvalue weighted by atomic mass is 10.1. The van der Waals surface area contributed by atoms with Gasteiger partial charge in [0.05, 0.1) is 13.0 Å². The zero-order chi connectivity index (χ0) is 19.9. The van der Waals surface area contributed by atoms with E-state index in [1.54, 1.807) is 0 Å². The number of benzene rings is 2. The lowest BCUT2D eigenvalue weighted by Gasteiger charge is -2.35. The molecule has 6 nitrogen and oxygen atoms in total. The van der Waals surface area contributed by atoms with Crippen LogP contribution in [-0.4, -0.2) is 68.5 Å². The lowest BCUT2D eigenvalue weighted by Crippen LogP contribution is -2.50. The van der Waals surface area contributed by atoms with Gasteiger partial charge in [0.15, 0.2) is 0 Å². The average molecular weight is 381 g/mol. The Morgan fingerprint density at radius 1 is 0.893 bits per heavy atom. The van der Waals surface area contributed by atoms with Crippen molar-refractivity contribution >= 4 is 17.5 Å². The first kappa shape index (κ1) is 19.7. The maximum Gasteiger partial charge on any atom is 0.253 e. The molecular weight excluding hydrogens is 354 g/mol. The van der Waals surface area contributed by atoms with Crippen LogP contribution in [0.5, 0.6) is 5.75 Å². The molecule has 0 bridgehead atoms. The molecule has 2 amide bonds. The van der Waals surface area contributed by atoms with Gasteiger partial charge in [0.2, 0.25) is 5.91 Å². The Hall–Kier alpha value is -3.02. The van der Waals surface area contributed by atoms with Gasteiger partial charge in [0.1, 0.15) is 5.75 Å². The fourth-order valence-electron chi connectivity index (χ4n) is 3.17. The quantitative estimate of drug-likeness (QED) is 0.772. The van der Waals surface area contributed by atoms with E-state index in [2.05, 4.69) is 0 Å². The van der Waals surface area contributed by atoms with Crippen molar-refractivity contribution in [1.29, 1.82) is 0 Å². The van der Waals surface area contributed by atoms with Crippen LogP contribution in [0.4, 0.5) is 5.69 Å². The molecular formula is C22H27N3O3. The number of carbonyl (C=O) groups excluding carboxylic acids is 2. The van der Waals surface area contributed by atoms with E-state index in [9.17, 15) is 9.59 Å². The molecule has 0 atom stereocenters. The number of piperazine rings is 1. The van der Waals surface area contributed by atoms with Crippen molar-refractivity contribution in [3.63, 3.8) is 0 Å². The zero-order valence-corrected chi connectivity index (χ0v) is 16.5. The van der Waals surface area contributed by atoms with Gasteiger partial charge in [-0.1, -0.05) is 18.2 Å². The van der Waals surface area contributed by atoms with Gasteiger partial charge in [-0.3, -0.25) is 9.59 Å². The number of ether oxygens (including phenoxy) is 1. The smallest absolute Gasteiger partial charge is 0.253 e. The summed E-state index contributed by atoms with van der Waals surface area (Å²) in [5.41, 5.74) is 1.74. The third-order valence-electron chi connectivity index (χ3n) is 4.88. The van der Waals surface area contributed by atoms with E-state index in [1.165, 1.54) is 0 Å². The molecule has 2 aromatic rings. The van der Waals surface area contributed by atoms with E-state index in [1.807, 2.05) is 83.4 Å². The Morgan fingerprint density at radius 3 is 2.11 bits per heavy atom. The number of rotatable bonds is 6. The topological polar surface area (TPSA) is 53.1 Å². The molecule has 1 aliphatic rings. The Balaban J connectivity index is 1.44. The molecule has 0 saturated carbocycles. The van der Waals surface area contributed by atoms with E-state index < -0.39 is 0 Å². The van der Waals surface area contributed by atoms with Gasteiger partial charge in [0, 0.05) is 51.5 Å². The van der Waals surface area contributed by atoms with Crippen molar-refractivity contribution in [3.8, 4) is 5.75 Å². The number of carbonyl (C=O) groups is 2. The molecule has 6 heteroatoms. The van der Waals surface area contributed by atoms with Crippen LogP contribution in [0.15, 0.2) is 54.6 Å². The highest BCUT2D eigenvalue weighted by atomic mass is 16.5. The maximum atomic E-state index is 12.7. The number of anilines is 1. The lowest BCUT2D eigenvalue weighted by molar-refractivity contribution is -0.133. The molecule has 0 aromatic heterocycles. The zero-order valence-electron chi connectivity index (χ0n) is 16.5. The Bertz CT molecular complexity index is 782. The van der Waals surface area contributed by atoms with Crippen LogP contribution in [0.2, 0.25) is 0 Å². The predicted molar refractivity (Wildman–Crippen MR) is 110 cm³/mol. The molecule has 3 rings (SSSR count). The molecule has 0 aliphatic carbocycles. The second-order valence-electron chi connectivity index (χ2n) is 7.03. The van der Waals surface area contributed by atoms with Crippen molar-refractivity contribution in [2.45, 2.75) is 6.42 Å². The Morgan fingerprint density at radius 2 is 1.50 bits per heavy atom. The highest BCUT2D eigenvalue weighted by Crippen LogP contribution is 2.15. The second-order valence-corrected chi connectivity index (χ2v) is 7.03. The van der Waals surface area contributed by atoms with Crippen LogP contribution in [0.25, 0.3) is 0 Å². The van der Waals surface area contributed by atoms with Crippen molar-refractivity contribution < 1.29 is 14.3 Å². The summed E-state index contributed by atoms with van der Waals surface area (Å²) in [4.78, 5) is 30.7.